The molecule has 0 aliphatic rings. The Morgan fingerprint density at radius 1 is 0.567 bits per heavy atom. The Balaban J connectivity index is 1.71. The van der Waals surface area contributed by atoms with Crippen molar-refractivity contribution in [2.45, 2.75) is 22.1 Å². The second-order valence-electron chi connectivity index (χ2n) is 6.24. The van der Waals surface area contributed by atoms with E-state index in [9.17, 15) is 26.3 Å². The summed E-state index contributed by atoms with van der Waals surface area (Å²) in [7, 11) is 2.30. The molecule has 0 aliphatic heterocycles. The molecule has 4 rings (SSSR count). The number of nitrogens with zero attached hydrogens (tertiary/aromatic N) is 2. The van der Waals surface area contributed by atoms with Gasteiger partial charge in [-0.15, -0.1) is 0 Å². The highest BCUT2D eigenvalue weighted by atomic mass is 33.1. The third-order valence-electron chi connectivity index (χ3n) is 4.28. The minimum Gasteiger partial charge on any atom is -0.256 e. The molecule has 0 bridgehead atoms. The van der Waals surface area contributed by atoms with Crippen molar-refractivity contribution in [1.29, 1.82) is 0 Å². The first-order chi connectivity index (χ1) is 14.1. The topological polar surface area (TPSA) is 25.8 Å². The van der Waals surface area contributed by atoms with Crippen LogP contribution in [0, 0.1) is 0 Å². The standard InChI is InChI=1S/C20H10F6N2S2/c21-19(22,23)11-1-3-15-13(9-11)17(5-7-27-15)29-30-18-6-8-28-16-4-2-12(10-14(16)18)20(24,25)26/h1-10H. The van der Waals surface area contributed by atoms with Crippen LogP contribution < -0.4 is 0 Å². The maximum absolute atomic E-state index is 13.1. The van der Waals surface area contributed by atoms with Gasteiger partial charge in [-0.25, -0.2) is 0 Å². The Labute approximate surface area is 174 Å². The fourth-order valence-corrected chi connectivity index (χ4v) is 5.16. The molecule has 2 aromatic heterocycles. The van der Waals surface area contributed by atoms with Crippen molar-refractivity contribution in [3.8, 4) is 0 Å². The maximum atomic E-state index is 13.1. The fraction of sp³-hybridized carbons (Fsp3) is 0.100. The molecule has 0 unspecified atom stereocenters. The van der Waals surface area contributed by atoms with E-state index in [0.29, 0.717) is 31.6 Å². The average molecular weight is 456 g/mol. The van der Waals surface area contributed by atoms with E-state index in [2.05, 4.69) is 9.97 Å². The summed E-state index contributed by atoms with van der Waals surface area (Å²) >= 11 is 0. The Morgan fingerprint density at radius 2 is 0.967 bits per heavy atom. The molecule has 0 saturated carbocycles. The third kappa shape index (κ3) is 4.20. The van der Waals surface area contributed by atoms with Crippen molar-refractivity contribution in [2.24, 2.45) is 0 Å². The lowest BCUT2D eigenvalue weighted by molar-refractivity contribution is -0.138. The molecular formula is C20H10F6N2S2. The molecule has 0 fully saturated rings. The molecule has 0 aliphatic carbocycles. The molecule has 4 aromatic rings. The van der Waals surface area contributed by atoms with Crippen molar-refractivity contribution in [2.75, 3.05) is 0 Å². The minimum atomic E-state index is -4.49. The molecule has 0 spiro atoms. The summed E-state index contributed by atoms with van der Waals surface area (Å²) in [6.45, 7) is 0. The van der Waals surface area contributed by atoms with Gasteiger partial charge in [-0.1, -0.05) is 21.6 Å². The quantitative estimate of drug-likeness (QED) is 0.234. The zero-order chi connectivity index (χ0) is 21.5. The summed E-state index contributed by atoms with van der Waals surface area (Å²) in [5.41, 5.74) is -0.793. The van der Waals surface area contributed by atoms with Crippen LogP contribution >= 0.6 is 21.6 Å². The number of fused-ring (bicyclic) bond motifs is 2. The molecule has 154 valence electrons. The summed E-state index contributed by atoms with van der Waals surface area (Å²) in [5.74, 6) is 0. The molecule has 2 aromatic carbocycles. The van der Waals surface area contributed by atoms with Gasteiger partial charge in [0.1, 0.15) is 0 Å². The highest BCUT2D eigenvalue weighted by Crippen LogP contribution is 2.44. The van der Waals surface area contributed by atoms with Gasteiger partial charge in [-0.2, -0.15) is 26.3 Å². The van der Waals surface area contributed by atoms with Crippen LogP contribution in [0.1, 0.15) is 11.1 Å². The Kier molecular flexibility index (Phi) is 5.31. The molecule has 0 atom stereocenters. The van der Waals surface area contributed by atoms with Crippen LogP contribution in [0.5, 0.6) is 0 Å². The molecule has 0 amide bonds. The first-order valence-electron chi connectivity index (χ1n) is 8.39. The smallest absolute Gasteiger partial charge is 0.256 e. The van der Waals surface area contributed by atoms with Gasteiger partial charge in [0.2, 0.25) is 0 Å². The van der Waals surface area contributed by atoms with Crippen LogP contribution in [0.3, 0.4) is 0 Å². The van der Waals surface area contributed by atoms with E-state index in [-0.39, 0.29) is 0 Å². The van der Waals surface area contributed by atoms with Crippen molar-refractivity contribution < 1.29 is 26.3 Å². The summed E-state index contributed by atoms with van der Waals surface area (Å²) in [4.78, 5) is 9.21. The highest BCUT2D eigenvalue weighted by Gasteiger charge is 2.31. The van der Waals surface area contributed by atoms with E-state index < -0.39 is 23.5 Å². The number of aromatic nitrogens is 2. The maximum Gasteiger partial charge on any atom is 0.416 e. The molecule has 0 N–H and O–H groups in total. The predicted molar refractivity (Wildman–Crippen MR) is 105 cm³/mol. The number of hydrogen-bond donors (Lipinski definition) is 0. The van der Waals surface area contributed by atoms with Gasteiger partial charge in [0.05, 0.1) is 22.2 Å². The van der Waals surface area contributed by atoms with E-state index in [1.165, 1.54) is 24.5 Å². The molecule has 10 heteroatoms. The minimum absolute atomic E-state index is 0.319. The number of hydrogen-bond acceptors (Lipinski definition) is 4. The normalized spacial score (nSPS) is 12.6. The van der Waals surface area contributed by atoms with Gasteiger partial charge in [0.15, 0.2) is 0 Å². The lowest BCUT2D eigenvalue weighted by Gasteiger charge is -2.11. The summed E-state index contributed by atoms with van der Waals surface area (Å²) in [6.07, 6.45) is -6.03. The van der Waals surface area contributed by atoms with E-state index in [1.54, 1.807) is 12.1 Å². The molecule has 0 saturated heterocycles. The van der Waals surface area contributed by atoms with Gasteiger partial charge in [0.25, 0.3) is 0 Å². The van der Waals surface area contributed by atoms with Crippen LogP contribution in [0.4, 0.5) is 26.3 Å². The molecule has 2 heterocycles. The Morgan fingerprint density at radius 3 is 1.33 bits per heavy atom. The first kappa shape index (κ1) is 20.8. The van der Waals surface area contributed by atoms with Crippen LogP contribution in [0.2, 0.25) is 0 Å². The Hall–Kier alpha value is -2.46. The van der Waals surface area contributed by atoms with Gasteiger partial charge in [0, 0.05) is 33.0 Å². The SMILES string of the molecule is FC(F)(F)c1ccc2nccc(SSc3ccnc4ccc(C(F)(F)F)cc34)c2c1. The molecule has 2 nitrogen and oxygen atoms in total. The van der Waals surface area contributed by atoms with E-state index in [4.69, 9.17) is 0 Å². The summed E-state index contributed by atoms with van der Waals surface area (Å²) in [6, 6.07) is 9.72. The zero-order valence-corrected chi connectivity index (χ0v) is 16.4. The van der Waals surface area contributed by atoms with E-state index in [0.717, 1.165) is 45.9 Å². The number of pyridine rings is 2. The van der Waals surface area contributed by atoms with Gasteiger partial charge in [-0.05, 0) is 48.5 Å². The van der Waals surface area contributed by atoms with Crippen LogP contribution in [0.25, 0.3) is 21.8 Å². The van der Waals surface area contributed by atoms with Crippen LogP contribution in [0.15, 0.2) is 70.7 Å². The molecule has 0 radical (unpaired) electrons. The largest absolute Gasteiger partial charge is 0.416 e. The highest BCUT2D eigenvalue weighted by molar-refractivity contribution is 8.76. The van der Waals surface area contributed by atoms with Crippen molar-refractivity contribution >= 4 is 43.4 Å². The number of benzene rings is 2. The Bertz CT molecular complexity index is 1140. The second kappa shape index (κ2) is 7.66. The summed E-state index contributed by atoms with van der Waals surface area (Å²) < 4.78 is 78.5. The monoisotopic (exact) mass is 456 g/mol. The van der Waals surface area contributed by atoms with Crippen molar-refractivity contribution in [3.05, 3.63) is 72.1 Å². The van der Waals surface area contributed by atoms with Crippen LogP contribution in [-0.4, -0.2) is 9.97 Å². The fourth-order valence-electron chi connectivity index (χ4n) is 2.83. The van der Waals surface area contributed by atoms with Gasteiger partial charge >= 0.3 is 12.4 Å². The van der Waals surface area contributed by atoms with E-state index >= 15 is 0 Å². The lowest BCUT2D eigenvalue weighted by Crippen LogP contribution is -2.04. The first-order valence-corrected chi connectivity index (χ1v) is 10.5. The van der Waals surface area contributed by atoms with Crippen molar-refractivity contribution in [3.63, 3.8) is 0 Å². The predicted octanol–water partition coefficient (Wildman–Crippen LogP) is 7.62. The van der Waals surface area contributed by atoms with Gasteiger partial charge in [-0.3, -0.25) is 9.97 Å². The third-order valence-corrected chi connectivity index (χ3v) is 6.76. The number of alkyl halides is 6. The average Bonchev–Trinajstić information content (AvgIpc) is 2.70. The lowest BCUT2D eigenvalue weighted by atomic mass is 10.1. The second-order valence-corrected chi connectivity index (χ2v) is 8.46. The molecule has 30 heavy (non-hydrogen) atoms. The molecular weight excluding hydrogens is 446 g/mol. The van der Waals surface area contributed by atoms with Gasteiger partial charge < -0.3 is 0 Å². The van der Waals surface area contributed by atoms with E-state index in [1.807, 2.05) is 0 Å². The number of halogens is 6. The number of rotatable bonds is 3. The summed E-state index contributed by atoms with van der Waals surface area (Å²) in [5, 5.41) is 0.637. The van der Waals surface area contributed by atoms with Crippen molar-refractivity contribution in [1.82, 2.24) is 9.97 Å². The van der Waals surface area contributed by atoms with Crippen LogP contribution in [-0.2, 0) is 12.4 Å². The zero-order valence-electron chi connectivity index (χ0n) is 14.8.